The molecule has 0 amide bonds. The van der Waals surface area contributed by atoms with E-state index in [1.807, 2.05) is 12.3 Å². The highest BCUT2D eigenvalue weighted by atomic mass is 79.9. The molecule has 1 aromatic carbocycles. The summed E-state index contributed by atoms with van der Waals surface area (Å²) in [5.41, 5.74) is 3.83. The van der Waals surface area contributed by atoms with Crippen molar-refractivity contribution in [3.05, 3.63) is 51.6 Å². The van der Waals surface area contributed by atoms with E-state index in [0.29, 0.717) is 6.04 Å². The molecule has 1 aromatic heterocycles. The van der Waals surface area contributed by atoms with E-state index in [1.54, 1.807) is 7.11 Å². The summed E-state index contributed by atoms with van der Waals surface area (Å²) in [5.74, 6) is 1.91. The first-order valence-electron chi connectivity index (χ1n) is 6.73. The summed E-state index contributed by atoms with van der Waals surface area (Å²) in [5, 5.41) is 3.53. The van der Waals surface area contributed by atoms with Gasteiger partial charge in [0.1, 0.15) is 11.6 Å². The lowest BCUT2D eigenvalue weighted by molar-refractivity contribution is 0.410. The second-order valence-electron chi connectivity index (χ2n) is 5.08. The second-order valence-corrected chi connectivity index (χ2v) is 5.94. The number of nitrogens with one attached hydrogen (secondary N) is 1. The largest absolute Gasteiger partial charge is 0.496 e. The Bertz CT molecular complexity index is 642. The lowest BCUT2D eigenvalue weighted by atomic mass is 10.1. The van der Waals surface area contributed by atoms with Crippen molar-refractivity contribution in [3.8, 4) is 5.75 Å². The molecule has 0 aliphatic heterocycles. The average Bonchev–Trinajstić information content (AvgIpc) is 2.86. The molecule has 0 bridgehead atoms. The van der Waals surface area contributed by atoms with Gasteiger partial charge in [-0.25, -0.2) is 4.98 Å². The second kappa shape index (κ2) is 5.44. The van der Waals surface area contributed by atoms with Crippen LogP contribution in [0.2, 0.25) is 0 Å². The number of halogens is 1. The number of benzene rings is 1. The highest BCUT2D eigenvalue weighted by molar-refractivity contribution is 9.10. The van der Waals surface area contributed by atoms with Crippen LogP contribution in [0, 0.1) is 6.92 Å². The summed E-state index contributed by atoms with van der Waals surface area (Å²) in [7, 11) is 1.73. The van der Waals surface area contributed by atoms with Gasteiger partial charge in [0.05, 0.1) is 13.2 Å². The van der Waals surface area contributed by atoms with Crippen molar-refractivity contribution in [2.75, 3.05) is 12.4 Å². The lowest BCUT2D eigenvalue weighted by Crippen LogP contribution is -2.08. The minimum absolute atomic E-state index is 0.313. The molecule has 0 saturated heterocycles. The van der Waals surface area contributed by atoms with Crippen molar-refractivity contribution in [1.29, 1.82) is 0 Å². The first-order chi connectivity index (χ1) is 9.69. The summed E-state index contributed by atoms with van der Waals surface area (Å²) >= 11 is 3.48. The molecule has 1 unspecified atom stereocenters. The highest BCUT2D eigenvalue weighted by Gasteiger charge is 2.25. The normalized spacial score (nSPS) is 16.9. The fourth-order valence-corrected chi connectivity index (χ4v) is 2.98. The van der Waals surface area contributed by atoms with Crippen LogP contribution in [0.15, 0.2) is 34.9 Å². The third-order valence-electron chi connectivity index (χ3n) is 3.82. The molecule has 1 N–H and O–H groups in total. The molecule has 0 spiro atoms. The Kier molecular flexibility index (Phi) is 3.66. The van der Waals surface area contributed by atoms with Crippen molar-refractivity contribution in [2.45, 2.75) is 25.8 Å². The molecule has 0 saturated carbocycles. The zero-order valence-corrected chi connectivity index (χ0v) is 13.2. The smallest absolute Gasteiger partial charge is 0.126 e. The zero-order chi connectivity index (χ0) is 14.1. The number of nitrogens with zero attached hydrogens (tertiary/aromatic N) is 1. The number of ether oxygens (including phenoxy) is 1. The van der Waals surface area contributed by atoms with E-state index in [2.05, 4.69) is 51.4 Å². The van der Waals surface area contributed by atoms with E-state index >= 15 is 0 Å². The molecule has 1 atom stereocenters. The van der Waals surface area contributed by atoms with Crippen LogP contribution in [0.3, 0.4) is 0 Å². The molecule has 3 nitrogen and oxygen atoms in total. The Balaban J connectivity index is 1.86. The van der Waals surface area contributed by atoms with Crippen LogP contribution in [-0.4, -0.2) is 12.1 Å². The monoisotopic (exact) mass is 332 g/mol. The number of methoxy groups -OCH3 is 1. The third-order valence-corrected chi connectivity index (χ3v) is 4.65. The van der Waals surface area contributed by atoms with Gasteiger partial charge in [0, 0.05) is 10.7 Å². The number of aryl methyl sites for hydroxylation is 1. The minimum atomic E-state index is 0.313. The molecule has 1 aliphatic carbocycles. The lowest BCUT2D eigenvalue weighted by Gasteiger charge is -2.16. The Morgan fingerprint density at radius 1 is 1.40 bits per heavy atom. The summed E-state index contributed by atoms with van der Waals surface area (Å²) in [6, 6.07) is 8.64. The summed E-state index contributed by atoms with van der Waals surface area (Å²) < 4.78 is 6.48. The van der Waals surface area contributed by atoms with Gasteiger partial charge >= 0.3 is 0 Å². The number of anilines is 1. The van der Waals surface area contributed by atoms with Crippen LogP contribution in [-0.2, 0) is 6.42 Å². The maximum Gasteiger partial charge on any atom is 0.126 e. The van der Waals surface area contributed by atoms with E-state index in [1.165, 1.54) is 16.7 Å². The van der Waals surface area contributed by atoms with Gasteiger partial charge in [-0.15, -0.1) is 0 Å². The number of fused-ring (bicyclic) bond motifs is 1. The predicted octanol–water partition coefficient (Wildman–Crippen LogP) is 4.26. The number of hydrogen-bond donors (Lipinski definition) is 1. The number of aromatic nitrogens is 1. The van der Waals surface area contributed by atoms with Crippen LogP contribution in [0.25, 0.3) is 0 Å². The van der Waals surface area contributed by atoms with Gasteiger partial charge in [-0.2, -0.15) is 0 Å². The Labute approximate surface area is 127 Å². The average molecular weight is 333 g/mol. The van der Waals surface area contributed by atoms with Gasteiger partial charge in [0.2, 0.25) is 0 Å². The van der Waals surface area contributed by atoms with Gasteiger partial charge in [0.25, 0.3) is 0 Å². The number of hydrogen-bond acceptors (Lipinski definition) is 3. The molecule has 20 heavy (non-hydrogen) atoms. The Morgan fingerprint density at radius 3 is 3.00 bits per heavy atom. The van der Waals surface area contributed by atoms with Crippen LogP contribution >= 0.6 is 15.9 Å². The van der Waals surface area contributed by atoms with Crippen molar-refractivity contribution in [1.82, 2.24) is 4.98 Å². The van der Waals surface area contributed by atoms with Crippen molar-refractivity contribution >= 4 is 21.7 Å². The fourth-order valence-electron chi connectivity index (χ4n) is 2.76. The molecular weight excluding hydrogens is 316 g/mol. The van der Waals surface area contributed by atoms with Gasteiger partial charge in [-0.1, -0.05) is 12.1 Å². The van der Waals surface area contributed by atoms with E-state index in [0.717, 1.165) is 28.9 Å². The summed E-state index contributed by atoms with van der Waals surface area (Å²) in [4.78, 5) is 4.43. The molecule has 1 heterocycles. The minimum Gasteiger partial charge on any atom is -0.496 e. The molecular formula is C16H17BrN2O. The third kappa shape index (κ3) is 2.40. The van der Waals surface area contributed by atoms with Gasteiger partial charge in [0.15, 0.2) is 0 Å². The highest BCUT2D eigenvalue weighted by Crippen LogP contribution is 2.38. The molecule has 2 aromatic rings. The topological polar surface area (TPSA) is 34.1 Å². The first kappa shape index (κ1) is 13.4. The quantitative estimate of drug-likeness (QED) is 0.911. The molecule has 0 radical (unpaired) electrons. The van der Waals surface area contributed by atoms with Crippen molar-refractivity contribution < 1.29 is 4.74 Å². The molecule has 3 rings (SSSR count). The molecule has 4 heteroatoms. The van der Waals surface area contributed by atoms with Crippen LogP contribution in [0.5, 0.6) is 5.75 Å². The van der Waals surface area contributed by atoms with Gasteiger partial charge in [-0.05, 0) is 64.5 Å². The van der Waals surface area contributed by atoms with Crippen molar-refractivity contribution in [3.63, 3.8) is 0 Å². The SMILES string of the molecule is COc1cccc2c1CCC2Nc1cc(C)c(Br)cn1. The zero-order valence-electron chi connectivity index (χ0n) is 11.6. The standard InChI is InChI=1S/C16H17BrN2O/c1-10-8-16(18-9-13(10)17)19-14-7-6-12-11(14)4-3-5-15(12)20-2/h3-5,8-9,14H,6-7H2,1-2H3,(H,18,19). The molecule has 0 fully saturated rings. The fraction of sp³-hybridized carbons (Fsp3) is 0.312. The van der Waals surface area contributed by atoms with E-state index in [4.69, 9.17) is 4.74 Å². The molecule has 1 aliphatic rings. The summed E-state index contributed by atoms with van der Waals surface area (Å²) in [6.07, 6.45) is 3.97. The maximum absolute atomic E-state index is 5.44. The Hall–Kier alpha value is -1.55. The van der Waals surface area contributed by atoms with Crippen LogP contribution in [0.1, 0.15) is 29.2 Å². The molecule has 104 valence electrons. The van der Waals surface area contributed by atoms with Gasteiger partial charge < -0.3 is 10.1 Å². The van der Waals surface area contributed by atoms with Crippen LogP contribution in [0.4, 0.5) is 5.82 Å². The van der Waals surface area contributed by atoms with Crippen LogP contribution < -0.4 is 10.1 Å². The Morgan fingerprint density at radius 2 is 2.25 bits per heavy atom. The van der Waals surface area contributed by atoms with E-state index in [-0.39, 0.29) is 0 Å². The number of pyridine rings is 1. The van der Waals surface area contributed by atoms with E-state index < -0.39 is 0 Å². The first-order valence-corrected chi connectivity index (χ1v) is 7.53. The van der Waals surface area contributed by atoms with Crippen molar-refractivity contribution in [2.24, 2.45) is 0 Å². The maximum atomic E-state index is 5.44. The van der Waals surface area contributed by atoms with Gasteiger partial charge in [-0.3, -0.25) is 0 Å². The van der Waals surface area contributed by atoms with E-state index in [9.17, 15) is 0 Å². The number of rotatable bonds is 3. The predicted molar refractivity (Wildman–Crippen MR) is 84.4 cm³/mol. The summed E-state index contributed by atoms with van der Waals surface area (Å²) in [6.45, 7) is 2.07.